The zero-order chi connectivity index (χ0) is 11.4. The fourth-order valence-corrected chi connectivity index (χ4v) is 2.32. The lowest BCUT2D eigenvalue weighted by atomic mass is 10.2. The maximum atomic E-state index is 4.14. The standard InChI is InChI=1S/C11H21N5/c1-3-12-7-11-5-4-6-16(11)9-10-8-15(2)14-13-10/h8,11-12H,3-7,9H2,1-2H3. The maximum absolute atomic E-state index is 4.14. The number of hydrogen-bond donors (Lipinski definition) is 1. The SMILES string of the molecule is CCNCC1CCCN1Cc1cn(C)nn1. The van der Waals surface area contributed by atoms with E-state index in [0.717, 1.165) is 25.3 Å². The van der Waals surface area contributed by atoms with E-state index in [1.54, 1.807) is 4.68 Å². The highest BCUT2D eigenvalue weighted by Crippen LogP contribution is 2.18. The van der Waals surface area contributed by atoms with Crippen molar-refractivity contribution in [1.82, 2.24) is 25.2 Å². The summed E-state index contributed by atoms with van der Waals surface area (Å²) in [5, 5.41) is 11.5. The van der Waals surface area contributed by atoms with Crippen LogP contribution in [0.4, 0.5) is 0 Å². The molecule has 0 amide bonds. The average Bonchev–Trinajstić information content (AvgIpc) is 2.86. The number of aromatic nitrogens is 3. The van der Waals surface area contributed by atoms with E-state index in [1.807, 2.05) is 13.2 Å². The smallest absolute Gasteiger partial charge is 0.0967 e. The van der Waals surface area contributed by atoms with E-state index < -0.39 is 0 Å². The minimum atomic E-state index is 0.668. The number of aryl methyl sites for hydroxylation is 1. The molecule has 0 bridgehead atoms. The predicted molar refractivity (Wildman–Crippen MR) is 63.0 cm³/mol. The number of hydrogen-bond acceptors (Lipinski definition) is 4. The Morgan fingerprint density at radius 1 is 1.56 bits per heavy atom. The van der Waals surface area contributed by atoms with Crippen LogP contribution < -0.4 is 5.32 Å². The summed E-state index contributed by atoms with van der Waals surface area (Å²) in [6, 6.07) is 0.668. The summed E-state index contributed by atoms with van der Waals surface area (Å²) in [6.07, 6.45) is 4.60. The average molecular weight is 223 g/mol. The van der Waals surface area contributed by atoms with E-state index in [2.05, 4.69) is 27.5 Å². The minimum Gasteiger partial charge on any atom is -0.315 e. The fraction of sp³-hybridized carbons (Fsp3) is 0.818. The van der Waals surface area contributed by atoms with Gasteiger partial charge in [-0.15, -0.1) is 5.10 Å². The van der Waals surface area contributed by atoms with Crippen molar-refractivity contribution in [1.29, 1.82) is 0 Å². The largest absolute Gasteiger partial charge is 0.315 e. The lowest BCUT2D eigenvalue weighted by Crippen LogP contribution is -2.37. The fourth-order valence-electron chi connectivity index (χ4n) is 2.32. The first-order valence-electron chi connectivity index (χ1n) is 6.09. The lowest BCUT2D eigenvalue weighted by molar-refractivity contribution is 0.237. The van der Waals surface area contributed by atoms with Gasteiger partial charge in [0.15, 0.2) is 0 Å². The number of nitrogens with one attached hydrogen (secondary N) is 1. The highest BCUT2D eigenvalue weighted by molar-refractivity contribution is 4.94. The van der Waals surface area contributed by atoms with Crippen molar-refractivity contribution < 1.29 is 0 Å². The van der Waals surface area contributed by atoms with Gasteiger partial charge < -0.3 is 5.32 Å². The molecule has 0 aromatic carbocycles. The molecule has 2 rings (SSSR count). The van der Waals surface area contributed by atoms with Crippen LogP contribution in [0.3, 0.4) is 0 Å². The summed E-state index contributed by atoms with van der Waals surface area (Å²) >= 11 is 0. The normalized spacial score (nSPS) is 21.8. The van der Waals surface area contributed by atoms with Crippen LogP contribution in [0.2, 0.25) is 0 Å². The van der Waals surface area contributed by atoms with Gasteiger partial charge in [-0.3, -0.25) is 9.58 Å². The first kappa shape index (κ1) is 11.5. The summed E-state index contributed by atoms with van der Waals surface area (Å²) in [4.78, 5) is 2.51. The lowest BCUT2D eigenvalue weighted by Gasteiger charge is -2.23. The Bertz CT molecular complexity index is 322. The quantitative estimate of drug-likeness (QED) is 0.784. The molecule has 1 aliphatic heterocycles. The molecule has 1 aliphatic rings. The van der Waals surface area contributed by atoms with Crippen molar-refractivity contribution >= 4 is 0 Å². The topological polar surface area (TPSA) is 46.0 Å². The summed E-state index contributed by atoms with van der Waals surface area (Å²) in [5.41, 5.74) is 1.07. The molecule has 1 aromatic rings. The van der Waals surface area contributed by atoms with Gasteiger partial charge in [-0.2, -0.15) is 0 Å². The number of likely N-dealkylation sites (N-methyl/N-ethyl adjacent to an activating group) is 1. The van der Waals surface area contributed by atoms with Crippen LogP contribution in [-0.4, -0.2) is 45.6 Å². The van der Waals surface area contributed by atoms with E-state index in [1.165, 1.54) is 19.4 Å². The highest BCUT2D eigenvalue weighted by Gasteiger charge is 2.24. The Hall–Kier alpha value is -0.940. The molecule has 1 aromatic heterocycles. The van der Waals surface area contributed by atoms with E-state index in [9.17, 15) is 0 Å². The molecule has 1 fully saturated rings. The van der Waals surface area contributed by atoms with Crippen molar-refractivity contribution in [3.63, 3.8) is 0 Å². The summed E-state index contributed by atoms with van der Waals surface area (Å²) < 4.78 is 1.77. The van der Waals surface area contributed by atoms with Crippen LogP contribution >= 0.6 is 0 Å². The minimum absolute atomic E-state index is 0.668. The van der Waals surface area contributed by atoms with Gasteiger partial charge in [0.2, 0.25) is 0 Å². The number of nitrogens with zero attached hydrogens (tertiary/aromatic N) is 4. The first-order valence-corrected chi connectivity index (χ1v) is 6.09. The van der Waals surface area contributed by atoms with Gasteiger partial charge in [-0.05, 0) is 25.9 Å². The second-order valence-corrected chi connectivity index (χ2v) is 4.46. The molecule has 0 aliphatic carbocycles. The second kappa shape index (κ2) is 5.41. The summed E-state index contributed by atoms with van der Waals surface area (Å²) in [6.45, 7) is 6.42. The zero-order valence-corrected chi connectivity index (χ0v) is 10.2. The highest BCUT2D eigenvalue weighted by atomic mass is 15.4. The van der Waals surface area contributed by atoms with Crippen molar-refractivity contribution in [2.75, 3.05) is 19.6 Å². The molecule has 0 spiro atoms. The molecule has 2 heterocycles. The first-order chi connectivity index (χ1) is 7.79. The Balaban J connectivity index is 1.88. The van der Waals surface area contributed by atoms with Gasteiger partial charge >= 0.3 is 0 Å². The van der Waals surface area contributed by atoms with Crippen LogP contribution in [-0.2, 0) is 13.6 Å². The van der Waals surface area contributed by atoms with Gasteiger partial charge in [-0.25, -0.2) is 0 Å². The van der Waals surface area contributed by atoms with Gasteiger partial charge in [0.25, 0.3) is 0 Å². The molecular weight excluding hydrogens is 202 g/mol. The summed E-state index contributed by atoms with van der Waals surface area (Å²) in [7, 11) is 1.91. The monoisotopic (exact) mass is 223 g/mol. The zero-order valence-electron chi connectivity index (χ0n) is 10.2. The van der Waals surface area contributed by atoms with E-state index in [0.29, 0.717) is 6.04 Å². The third kappa shape index (κ3) is 2.80. The van der Waals surface area contributed by atoms with Crippen molar-refractivity contribution in [3.8, 4) is 0 Å². The molecule has 5 nitrogen and oxygen atoms in total. The third-order valence-electron chi connectivity index (χ3n) is 3.14. The van der Waals surface area contributed by atoms with Gasteiger partial charge in [-0.1, -0.05) is 12.1 Å². The molecule has 16 heavy (non-hydrogen) atoms. The number of rotatable bonds is 5. The third-order valence-corrected chi connectivity index (χ3v) is 3.14. The van der Waals surface area contributed by atoms with E-state index in [4.69, 9.17) is 0 Å². The van der Waals surface area contributed by atoms with Crippen molar-refractivity contribution in [3.05, 3.63) is 11.9 Å². The molecule has 1 atom stereocenters. The van der Waals surface area contributed by atoms with E-state index >= 15 is 0 Å². The Labute approximate surface area is 96.8 Å². The molecule has 90 valence electrons. The van der Waals surface area contributed by atoms with Gasteiger partial charge in [0, 0.05) is 32.4 Å². The molecule has 5 heteroatoms. The van der Waals surface area contributed by atoms with E-state index in [-0.39, 0.29) is 0 Å². The van der Waals surface area contributed by atoms with Crippen molar-refractivity contribution in [2.24, 2.45) is 7.05 Å². The van der Waals surface area contributed by atoms with Crippen LogP contribution in [0.1, 0.15) is 25.5 Å². The Kier molecular flexibility index (Phi) is 3.90. The predicted octanol–water partition coefficient (Wildman–Crippen LogP) is 0.389. The second-order valence-electron chi connectivity index (χ2n) is 4.46. The van der Waals surface area contributed by atoms with Crippen molar-refractivity contribution in [2.45, 2.75) is 32.4 Å². The molecule has 0 saturated carbocycles. The maximum Gasteiger partial charge on any atom is 0.0967 e. The van der Waals surface area contributed by atoms with Gasteiger partial charge in [0.1, 0.15) is 0 Å². The van der Waals surface area contributed by atoms with Crippen LogP contribution in [0.25, 0.3) is 0 Å². The van der Waals surface area contributed by atoms with Gasteiger partial charge in [0.05, 0.1) is 5.69 Å². The van der Waals surface area contributed by atoms with Crippen LogP contribution in [0.5, 0.6) is 0 Å². The Morgan fingerprint density at radius 2 is 2.44 bits per heavy atom. The Morgan fingerprint density at radius 3 is 3.12 bits per heavy atom. The molecule has 1 saturated heterocycles. The molecule has 0 radical (unpaired) electrons. The van der Waals surface area contributed by atoms with Crippen LogP contribution in [0.15, 0.2) is 6.20 Å². The number of likely N-dealkylation sites (tertiary alicyclic amines) is 1. The molecule has 1 N–H and O–H groups in total. The summed E-state index contributed by atoms with van der Waals surface area (Å²) in [5.74, 6) is 0. The van der Waals surface area contributed by atoms with Crippen LogP contribution in [0, 0.1) is 0 Å². The molecule has 1 unspecified atom stereocenters. The molecular formula is C11H21N5.